The summed E-state index contributed by atoms with van der Waals surface area (Å²) < 4.78 is 36.8. The molecule has 2 bridgehead atoms. The number of hydrogen-bond donors (Lipinski definition) is 0. The fourth-order valence-electron chi connectivity index (χ4n) is 3.08. The first-order valence-corrected chi connectivity index (χ1v) is 8.01. The molecule has 1 aromatic carbocycles. The van der Waals surface area contributed by atoms with Crippen LogP contribution < -0.4 is 0 Å². The number of fused-ring (bicyclic) bond motifs is 2. The minimum Gasteiger partial charge on any atom is -0.347 e. The molecule has 0 aromatic heterocycles. The van der Waals surface area contributed by atoms with Crippen molar-refractivity contribution in [2.45, 2.75) is 48.2 Å². The van der Waals surface area contributed by atoms with Gasteiger partial charge in [-0.3, -0.25) is 0 Å². The number of hydrogen-bond acceptors (Lipinski definition) is 4. The summed E-state index contributed by atoms with van der Waals surface area (Å²) in [6.45, 7) is 4.21. The Morgan fingerprint density at radius 3 is 2.47 bits per heavy atom. The summed E-state index contributed by atoms with van der Waals surface area (Å²) in [6, 6.07) is 8.62. The van der Waals surface area contributed by atoms with Crippen LogP contribution in [0.4, 0.5) is 0 Å². The third-order valence-corrected chi connectivity index (χ3v) is 6.05. The maximum Gasteiger partial charge on any atom is 0.181 e. The van der Waals surface area contributed by atoms with Crippen molar-refractivity contribution < 1.29 is 17.9 Å². The molecule has 2 fully saturated rings. The Kier molecular flexibility index (Phi) is 2.78. The zero-order valence-electron chi connectivity index (χ0n) is 11.1. The first-order valence-electron chi connectivity index (χ1n) is 6.46. The molecule has 5 heteroatoms. The predicted molar refractivity (Wildman–Crippen MR) is 70.5 cm³/mol. The molecule has 0 spiro atoms. The summed E-state index contributed by atoms with van der Waals surface area (Å²) >= 11 is 0. The second-order valence-electron chi connectivity index (χ2n) is 5.86. The van der Waals surface area contributed by atoms with Crippen LogP contribution in [0.3, 0.4) is 0 Å². The molecule has 2 aliphatic rings. The quantitative estimate of drug-likeness (QED) is 0.834. The van der Waals surface area contributed by atoms with Crippen molar-refractivity contribution in [3.05, 3.63) is 30.3 Å². The molecule has 1 aromatic rings. The number of rotatable bonds is 2. The second-order valence-corrected chi connectivity index (χ2v) is 8.09. The van der Waals surface area contributed by atoms with Gasteiger partial charge in [0.05, 0.1) is 22.4 Å². The number of ether oxygens (including phenoxy) is 2. The number of sulfone groups is 1. The summed E-state index contributed by atoms with van der Waals surface area (Å²) in [6.07, 6.45) is 0.875. The van der Waals surface area contributed by atoms with Gasteiger partial charge in [0.25, 0.3) is 0 Å². The van der Waals surface area contributed by atoms with Gasteiger partial charge in [-0.1, -0.05) is 18.2 Å². The van der Waals surface area contributed by atoms with Crippen molar-refractivity contribution in [2.75, 3.05) is 6.61 Å². The van der Waals surface area contributed by atoms with Crippen LogP contribution in [-0.2, 0) is 19.3 Å². The van der Waals surface area contributed by atoms with Crippen LogP contribution in [0.1, 0.15) is 26.7 Å². The zero-order valence-corrected chi connectivity index (χ0v) is 11.9. The Hall–Kier alpha value is -0.910. The lowest BCUT2D eigenvalue weighted by Crippen LogP contribution is -2.46. The van der Waals surface area contributed by atoms with Crippen LogP contribution in [0, 0.1) is 0 Å². The Morgan fingerprint density at radius 1 is 1.16 bits per heavy atom. The largest absolute Gasteiger partial charge is 0.347 e. The summed E-state index contributed by atoms with van der Waals surface area (Å²) in [5, 5.41) is -0.443. The highest BCUT2D eigenvalue weighted by atomic mass is 32.2. The van der Waals surface area contributed by atoms with E-state index in [1.165, 1.54) is 0 Å². The Balaban J connectivity index is 1.95. The van der Waals surface area contributed by atoms with Crippen molar-refractivity contribution in [1.29, 1.82) is 0 Å². The summed E-state index contributed by atoms with van der Waals surface area (Å²) in [7, 11) is -3.32. The molecule has 2 heterocycles. The first-order chi connectivity index (χ1) is 8.83. The minimum atomic E-state index is -3.32. The first kappa shape index (κ1) is 13.1. The van der Waals surface area contributed by atoms with E-state index in [2.05, 4.69) is 0 Å². The van der Waals surface area contributed by atoms with Gasteiger partial charge in [0.1, 0.15) is 0 Å². The van der Waals surface area contributed by atoms with Crippen molar-refractivity contribution in [3.63, 3.8) is 0 Å². The molecular formula is C14H18O4S. The molecule has 0 unspecified atom stereocenters. The molecule has 0 radical (unpaired) electrons. The highest BCUT2D eigenvalue weighted by Gasteiger charge is 2.54. The molecular weight excluding hydrogens is 264 g/mol. The SMILES string of the molecule is C[C@]12CO[C@@](C)(C[C@H](S(=O)(=O)c3ccccc3)C1)O2. The highest BCUT2D eigenvalue weighted by Crippen LogP contribution is 2.45. The molecule has 3 rings (SSSR count). The predicted octanol–water partition coefficient (Wildman–Crippen LogP) is 2.14. The lowest BCUT2D eigenvalue weighted by molar-refractivity contribution is -0.194. The smallest absolute Gasteiger partial charge is 0.181 e. The topological polar surface area (TPSA) is 52.6 Å². The normalized spacial score (nSPS) is 38.3. The monoisotopic (exact) mass is 282 g/mol. The molecule has 2 aliphatic heterocycles. The average Bonchev–Trinajstić information content (AvgIpc) is 2.59. The summed E-state index contributed by atoms with van der Waals surface area (Å²) in [4.78, 5) is 0.383. The third-order valence-electron chi connectivity index (χ3n) is 3.91. The van der Waals surface area contributed by atoms with Gasteiger partial charge in [-0.2, -0.15) is 0 Å². The van der Waals surface area contributed by atoms with Gasteiger partial charge < -0.3 is 9.47 Å². The molecule has 0 N–H and O–H groups in total. The van der Waals surface area contributed by atoms with Gasteiger partial charge in [0, 0.05) is 6.42 Å². The van der Waals surface area contributed by atoms with E-state index >= 15 is 0 Å². The lowest BCUT2D eigenvalue weighted by atomic mass is 9.95. The summed E-state index contributed by atoms with van der Waals surface area (Å²) in [5.41, 5.74) is -0.487. The van der Waals surface area contributed by atoms with E-state index in [9.17, 15) is 8.42 Å². The van der Waals surface area contributed by atoms with Gasteiger partial charge in [-0.05, 0) is 32.4 Å². The molecule has 0 saturated carbocycles. The van der Waals surface area contributed by atoms with Crippen LogP contribution in [0.15, 0.2) is 35.2 Å². The van der Waals surface area contributed by atoms with Crippen molar-refractivity contribution >= 4 is 9.84 Å². The highest BCUT2D eigenvalue weighted by molar-refractivity contribution is 7.92. The van der Waals surface area contributed by atoms with Gasteiger partial charge >= 0.3 is 0 Å². The fraction of sp³-hybridized carbons (Fsp3) is 0.571. The van der Waals surface area contributed by atoms with Crippen LogP contribution >= 0.6 is 0 Å². The third kappa shape index (κ3) is 2.20. The molecule has 104 valence electrons. The maximum absolute atomic E-state index is 12.7. The average molecular weight is 282 g/mol. The molecule has 0 aliphatic carbocycles. The fourth-order valence-corrected chi connectivity index (χ4v) is 5.09. The minimum absolute atomic E-state index is 0.383. The van der Waals surface area contributed by atoms with Gasteiger partial charge in [-0.25, -0.2) is 8.42 Å². The molecule has 3 atom stereocenters. The van der Waals surface area contributed by atoms with Crippen molar-refractivity contribution in [1.82, 2.24) is 0 Å². The van der Waals surface area contributed by atoms with Crippen LogP contribution in [0.2, 0.25) is 0 Å². The Labute approximate surface area is 113 Å². The van der Waals surface area contributed by atoms with E-state index in [0.717, 1.165) is 0 Å². The van der Waals surface area contributed by atoms with E-state index in [0.29, 0.717) is 24.3 Å². The van der Waals surface area contributed by atoms with Crippen molar-refractivity contribution in [3.8, 4) is 0 Å². The van der Waals surface area contributed by atoms with Gasteiger partial charge in [0.15, 0.2) is 15.6 Å². The van der Waals surface area contributed by atoms with Gasteiger partial charge in [0.2, 0.25) is 0 Å². The van der Waals surface area contributed by atoms with E-state index < -0.39 is 26.5 Å². The molecule has 0 amide bonds. The van der Waals surface area contributed by atoms with E-state index in [1.807, 2.05) is 19.9 Å². The zero-order chi connectivity index (χ0) is 13.7. The molecule has 19 heavy (non-hydrogen) atoms. The van der Waals surface area contributed by atoms with Crippen LogP contribution in [0.5, 0.6) is 0 Å². The van der Waals surface area contributed by atoms with E-state index in [-0.39, 0.29) is 0 Å². The molecule has 4 nitrogen and oxygen atoms in total. The van der Waals surface area contributed by atoms with Crippen LogP contribution in [-0.4, -0.2) is 31.7 Å². The van der Waals surface area contributed by atoms with Gasteiger partial charge in [-0.15, -0.1) is 0 Å². The van der Waals surface area contributed by atoms with E-state index in [4.69, 9.17) is 9.47 Å². The lowest BCUT2D eigenvalue weighted by Gasteiger charge is -2.38. The molecule has 2 saturated heterocycles. The Morgan fingerprint density at radius 2 is 1.84 bits per heavy atom. The van der Waals surface area contributed by atoms with E-state index in [1.54, 1.807) is 24.3 Å². The number of benzene rings is 1. The maximum atomic E-state index is 12.7. The summed E-state index contributed by atoms with van der Waals surface area (Å²) in [5.74, 6) is -0.764. The standard InChI is InChI=1S/C14H18O4S/c1-13-8-12(9-14(2,18-13)17-10-13)19(15,16)11-6-4-3-5-7-11/h3-7,12H,8-10H2,1-2H3/t12-,13-,14-/m1/s1. The second kappa shape index (κ2) is 4.04. The van der Waals surface area contributed by atoms with Crippen molar-refractivity contribution in [2.24, 2.45) is 0 Å². The Bertz CT molecular complexity index is 565. The van der Waals surface area contributed by atoms with Crippen LogP contribution in [0.25, 0.3) is 0 Å².